The van der Waals surface area contributed by atoms with Crippen molar-refractivity contribution in [1.29, 1.82) is 0 Å². The molecule has 2 heterocycles. The van der Waals surface area contributed by atoms with E-state index in [9.17, 15) is 9.59 Å². The highest BCUT2D eigenvalue weighted by molar-refractivity contribution is 5.97. The summed E-state index contributed by atoms with van der Waals surface area (Å²) in [5.74, 6) is -0.302. The summed E-state index contributed by atoms with van der Waals surface area (Å²) in [5.41, 5.74) is 4.40. The molecule has 18 heavy (non-hydrogen) atoms. The van der Waals surface area contributed by atoms with E-state index in [0.717, 1.165) is 19.5 Å². The van der Waals surface area contributed by atoms with E-state index in [0.29, 0.717) is 5.95 Å². The molecule has 4 N–H and O–H groups in total. The second kappa shape index (κ2) is 4.32. The lowest BCUT2D eigenvalue weighted by Crippen LogP contribution is -2.53. The zero-order valence-corrected chi connectivity index (χ0v) is 10.5. The second-order valence-corrected chi connectivity index (χ2v) is 4.87. The van der Waals surface area contributed by atoms with Crippen LogP contribution in [0.25, 0.3) is 0 Å². The number of anilines is 1. The Bertz CT molecular complexity index is 468. The molecule has 98 valence electrons. The molecule has 0 unspecified atom stereocenters. The predicted molar refractivity (Wildman–Crippen MR) is 66.1 cm³/mol. The standard InChI is InChI=1S/C11H17N5O2/c1-11(2,9(12)18)15-8(17)7-6-16-5-3-4-13-10(16)14-7/h6H,3-5H2,1-2H3,(H2,12,18)(H,13,14)(H,15,17). The van der Waals surface area contributed by atoms with Gasteiger partial charge in [0.05, 0.1) is 0 Å². The van der Waals surface area contributed by atoms with Crippen molar-refractivity contribution in [3.05, 3.63) is 11.9 Å². The highest BCUT2D eigenvalue weighted by atomic mass is 16.2. The molecular weight excluding hydrogens is 234 g/mol. The molecule has 1 aliphatic rings. The van der Waals surface area contributed by atoms with Crippen LogP contribution in [0.15, 0.2) is 6.20 Å². The normalized spacial score (nSPS) is 14.6. The van der Waals surface area contributed by atoms with Crippen LogP contribution in [0.5, 0.6) is 0 Å². The third-order valence-corrected chi connectivity index (χ3v) is 2.91. The monoisotopic (exact) mass is 251 g/mol. The van der Waals surface area contributed by atoms with Crippen LogP contribution in [0.1, 0.15) is 30.8 Å². The van der Waals surface area contributed by atoms with E-state index in [1.807, 2.05) is 4.57 Å². The number of hydrogen-bond acceptors (Lipinski definition) is 4. The van der Waals surface area contributed by atoms with Crippen molar-refractivity contribution in [2.24, 2.45) is 5.73 Å². The van der Waals surface area contributed by atoms with Crippen molar-refractivity contribution in [3.63, 3.8) is 0 Å². The van der Waals surface area contributed by atoms with Crippen molar-refractivity contribution in [3.8, 4) is 0 Å². The molecule has 0 saturated carbocycles. The van der Waals surface area contributed by atoms with Gasteiger partial charge >= 0.3 is 0 Å². The minimum Gasteiger partial charge on any atom is -0.368 e. The number of fused-ring (bicyclic) bond motifs is 1. The number of amides is 2. The minimum absolute atomic E-state index is 0.286. The summed E-state index contributed by atoms with van der Waals surface area (Å²) in [6.07, 6.45) is 2.67. The Kier molecular flexibility index (Phi) is 2.98. The fraction of sp³-hybridized carbons (Fsp3) is 0.545. The van der Waals surface area contributed by atoms with Crippen molar-refractivity contribution in [2.75, 3.05) is 11.9 Å². The van der Waals surface area contributed by atoms with Gasteiger partial charge in [0.15, 0.2) is 0 Å². The largest absolute Gasteiger partial charge is 0.368 e. The Morgan fingerprint density at radius 2 is 2.28 bits per heavy atom. The van der Waals surface area contributed by atoms with Gasteiger partial charge in [-0.2, -0.15) is 0 Å². The first kappa shape index (κ1) is 12.4. The van der Waals surface area contributed by atoms with Gasteiger partial charge in [-0.05, 0) is 20.3 Å². The molecule has 2 amide bonds. The fourth-order valence-electron chi connectivity index (χ4n) is 1.70. The molecule has 7 heteroatoms. The number of carbonyl (C=O) groups excluding carboxylic acids is 2. The lowest BCUT2D eigenvalue weighted by Gasteiger charge is -2.21. The highest BCUT2D eigenvalue weighted by Gasteiger charge is 2.28. The Hall–Kier alpha value is -2.05. The number of aryl methyl sites for hydroxylation is 1. The van der Waals surface area contributed by atoms with Crippen LogP contribution in [-0.2, 0) is 11.3 Å². The van der Waals surface area contributed by atoms with Crippen LogP contribution >= 0.6 is 0 Å². The van der Waals surface area contributed by atoms with E-state index in [4.69, 9.17) is 5.73 Å². The molecule has 0 radical (unpaired) electrons. The number of aromatic nitrogens is 2. The summed E-state index contributed by atoms with van der Waals surface area (Å²) in [4.78, 5) is 27.3. The fourth-order valence-corrected chi connectivity index (χ4v) is 1.70. The van der Waals surface area contributed by atoms with E-state index in [1.165, 1.54) is 0 Å². The molecule has 0 atom stereocenters. The number of nitrogens with one attached hydrogen (secondary N) is 2. The first-order chi connectivity index (χ1) is 8.40. The van der Waals surface area contributed by atoms with E-state index in [1.54, 1.807) is 20.0 Å². The maximum absolute atomic E-state index is 12.0. The topological polar surface area (TPSA) is 102 Å². The third kappa shape index (κ3) is 2.29. The van der Waals surface area contributed by atoms with Crippen LogP contribution in [0.3, 0.4) is 0 Å². The van der Waals surface area contributed by atoms with Crippen LogP contribution < -0.4 is 16.4 Å². The van der Waals surface area contributed by atoms with Gasteiger partial charge in [-0.15, -0.1) is 0 Å². The van der Waals surface area contributed by atoms with Crippen molar-refractivity contribution < 1.29 is 9.59 Å². The zero-order valence-electron chi connectivity index (χ0n) is 10.5. The van der Waals surface area contributed by atoms with E-state index < -0.39 is 17.4 Å². The third-order valence-electron chi connectivity index (χ3n) is 2.91. The number of carbonyl (C=O) groups is 2. The van der Waals surface area contributed by atoms with Gasteiger partial charge in [-0.3, -0.25) is 9.59 Å². The van der Waals surface area contributed by atoms with Gasteiger partial charge < -0.3 is 20.9 Å². The predicted octanol–water partition coefficient (Wildman–Crippen LogP) is -0.308. The summed E-state index contributed by atoms with van der Waals surface area (Å²) in [6, 6.07) is 0. The molecule has 1 aromatic heterocycles. The Balaban J connectivity index is 2.14. The quantitative estimate of drug-likeness (QED) is 0.686. The van der Waals surface area contributed by atoms with Gasteiger partial charge in [0.25, 0.3) is 5.91 Å². The smallest absolute Gasteiger partial charge is 0.272 e. The summed E-state index contributed by atoms with van der Waals surface area (Å²) in [5, 5.41) is 5.67. The summed E-state index contributed by atoms with van der Waals surface area (Å²) in [6.45, 7) is 4.80. The zero-order chi connectivity index (χ0) is 13.3. The van der Waals surface area contributed by atoms with Gasteiger partial charge in [0.2, 0.25) is 11.9 Å². The van der Waals surface area contributed by atoms with Crippen LogP contribution in [0, 0.1) is 0 Å². The Morgan fingerprint density at radius 3 is 2.89 bits per heavy atom. The molecule has 1 aromatic rings. The molecule has 0 fully saturated rings. The maximum Gasteiger partial charge on any atom is 0.272 e. The lowest BCUT2D eigenvalue weighted by molar-refractivity contribution is -0.122. The van der Waals surface area contributed by atoms with Gasteiger partial charge in [0.1, 0.15) is 11.2 Å². The van der Waals surface area contributed by atoms with E-state index in [2.05, 4.69) is 15.6 Å². The number of imidazole rings is 1. The molecule has 0 bridgehead atoms. The molecule has 0 spiro atoms. The summed E-state index contributed by atoms with van der Waals surface area (Å²) < 4.78 is 1.88. The molecular formula is C11H17N5O2. The van der Waals surface area contributed by atoms with Crippen molar-refractivity contribution >= 4 is 17.8 Å². The minimum atomic E-state index is -1.09. The molecule has 1 aliphatic heterocycles. The van der Waals surface area contributed by atoms with Crippen LogP contribution in [0.2, 0.25) is 0 Å². The SMILES string of the molecule is CC(C)(NC(=O)c1cn2c(n1)NCCC2)C(N)=O. The number of rotatable bonds is 3. The van der Waals surface area contributed by atoms with Crippen molar-refractivity contribution in [1.82, 2.24) is 14.9 Å². The lowest BCUT2D eigenvalue weighted by atomic mass is 10.1. The number of nitrogens with two attached hydrogens (primary N) is 1. The maximum atomic E-state index is 12.0. The van der Waals surface area contributed by atoms with E-state index >= 15 is 0 Å². The average Bonchev–Trinajstić information content (AvgIpc) is 2.71. The Labute approximate surface area is 105 Å². The second-order valence-electron chi connectivity index (χ2n) is 4.87. The van der Waals surface area contributed by atoms with Crippen LogP contribution in [-0.4, -0.2) is 33.4 Å². The molecule has 7 nitrogen and oxygen atoms in total. The van der Waals surface area contributed by atoms with Gasteiger partial charge in [0, 0.05) is 19.3 Å². The van der Waals surface area contributed by atoms with E-state index in [-0.39, 0.29) is 5.69 Å². The van der Waals surface area contributed by atoms with Crippen LogP contribution in [0.4, 0.5) is 5.95 Å². The number of primary amides is 1. The molecule has 0 aliphatic carbocycles. The summed E-state index contributed by atoms with van der Waals surface area (Å²) >= 11 is 0. The van der Waals surface area contributed by atoms with Gasteiger partial charge in [-0.25, -0.2) is 4.98 Å². The number of hydrogen-bond donors (Lipinski definition) is 3. The van der Waals surface area contributed by atoms with Gasteiger partial charge in [-0.1, -0.05) is 0 Å². The first-order valence-corrected chi connectivity index (χ1v) is 5.83. The number of nitrogens with zero attached hydrogens (tertiary/aromatic N) is 2. The molecule has 2 rings (SSSR count). The summed E-state index contributed by atoms with van der Waals surface area (Å²) in [7, 11) is 0. The average molecular weight is 251 g/mol. The highest BCUT2D eigenvalue weighted by Crippen LogP contribution is 2.14. The van der Waals surface area contributed by atoms with Crippen molar-refractivity contribution in [2.45, 2.75) is 32.4 Å². The molecule has 0 aromatic carbocycles. The first-order valence-electron chi connectivity index (χ1n) is 5.83. The Morgan fingerprint density at radius 1 is 1.56 bits per heavy atom. The molecule has 0 saturated heterocycles.